The molecule has 3 heterocycles. The molecule has 0 fully saturated rings. The fourth-order valence-corrected chi connectivity index (χ4v) is 4.94. The Balaban J connectivity index is 0.00000353. The molecule has 1 aliphatic rings. The van der Waals surface area contributed by atoms with Gasteiger partial charge in [0.15, 0.2) is 0 Å². The molecule has 0 bridgehead atoms. The highest BCUT2D eigenvalue weighted by Crippen LogP contribution is 2.32. The number of rotatable bonds is 6. The molecule has 2 aromatic carbocycles. The fraction of sp³-hybridized carbons (Fsp3) is 0.207. The number of ether oxygens (including phenoxy) is 1. The Morgan fingerprint density at radius 2 is 2.10 bits per heavy atom. The minimum absolute atomic E-state index is 0. The van der Waals surface area contributed by atoms with Crippen molar-refractivity contribution in [2.75, 3.05) is 20.2 Å². The minimum atomic E-state index is -0.440. The number of carbonyl (C=O) groups excluding carboxylic acids is 1. The van der Waals surface area contributed by atoms with Crippen molar-refractivity contribution in [1.29, 1.82) is 5.26 Å². The van der Waals surface area contributed by atoms with Crippen LogP contribution in [0, 0.1) is 17.1 Å². The molecule has 0 unspecified atom stereocenters. The molecule has 0 saturated heterocycles. The number of fused-ring (bicyclic) bond motifs is 3. The molecular weight excluding hydrogens is 540 g/mol. The number of amides is 1. The average molecular weight is 566 g/mol. The van der Waals surface area contributed by atoms with Gasteiger partial charge >= 0.3 is 6.03 Å². The molecule has 39 heavy (non-hydrogen) atoms. The monoisotopic (exact) mass is 565 g/mol. The van der Waals surface area contributed by atoms with E-state index in [1.165, 1.54) is 6.07 Å². The predicted octanol–water partition coefficient (Wildman–Crippen LogP) is 5.96. The highest BCUT2D eigenvalue weighted by atomic mass is 35.5. The second kappa shape index (κ2) is 12.3. The van der Waals surface area contributed by atoms with Crippen LogP contribution in [0.2, 0.25) is 5.02 Å². The highest BCUT2D eigenvalue weighted by molar-refractivity contribution is 6.30. The van der Waals surface area contributed by atoms with E-state index in [9.17, 15) is 14.4 Å². The van der Waals surface area contributed by atoms with Crippen molar-refractivity contribution in [3.05, 3.63) is 99.6 Å². The molecular formula is C29H26Cl2FN5O2. The molecule has 0 aliphatic carbocycles. The first-order valence-corrected chi connectivity index (χ1v) is 12.5. The molecule has 10 heteroatoms. The summed E-state index contributed by atoms with van der Waals surface area (Å²) in [7, 11) is 1.55. The number of nitrogens with one attached hydrogen (secondary N) is 1. The van der Waals surface area contributed by atoms with E-state index in [0.29, 0.717) is 37.5 Å². The van der Waals surface area contributed by atoms with Crippen molar-refractivity contribution in [3.8, 4) is 11.9 Å². The second-order valence-corrected chi connectivity index (χ2v) is 9.44. The van der Waals surface area contributed by atoms with Crippen LogP contribution in [0.5, 0.6) is 5.88 Å². The summed E-state index contributed by atoms with van der Waals surface area (Å²) >= 11 is 5.89. The Hall–Kier alpha value is -3.90. The van der Waals surface area contributed by atoms with Crippen molar-refractivity contribution in [3.63, 3.8) is 0 Å². The zero-order valence-electron chi connectivity index (χ0n) is 21.2. The van der Waals surface area contributed by atoms with Crippen molar-refractivity contribution in [1.82, 2.24) is 19.8 Å². The van der Waals surface area contributed by atoms with E-state index in [-0.39, 0.29) is 23.5 Å². The van der Waals surface area contributed by atoms with Gasteiger partial charge < -0.3 is 10.1 Å². The normalized spacial score (nSPS) is 13.1. The largest absolute Gasteiger partial charge is 0.481 e. The van der Waals surface area contributed by atoms with Crippen LogP contribution in [0.3, 0.4) is 0 Å². The molecule has 1 amide bonds. The van der Waals surface area contributed by atoms with Gasteiger partial charge in [0.1, 0.15) is 5.82 Å². The van der Waals surface area contributed by atoms with Crippen molar-refractivity contribution < 1.29 is 13.9 Å². The SMILES string of the molecule is COc1cc(CNC(=O)n2c3c(c4cc(C#N)ccc42)CN(C/C=C/c2ccc(F)c(Cl)c2)CC3)ccn1.Cl. The number of hydrogen-bond acceptors (Lipinski definition) is 5. The lowest BCUT2D eigenvalue weighted by molar-refractivity contribution is 0.240. The highest BCUT2D eigenvalue weighted by Gasteiger charge is 2.26. The van der Waals surface area contributed by atoms with Crippen LogP contribution in [0.4, 0.5) is 9.18 Å². The van der Waals surface area contributed by atoms with Gasteiger partial charge in [-0.25, -0.2) is 14.2 Å². The number of methoxy groups -OCH3 is 1. The van der Waals surface area contributed by atoms with Crippen LogP contribution >= 0.6 is 24.0 Å². The Kier molecular flexibility index (Phi) is 8.87. The Morgan fingerprint density at radius 3 is 2.87 bits per heavy atom. The van der Waals surface area contributed by atoms with E-state index in [1.54, 1.807) is 42.1 Å². The summed E-state index contributed by atoms with van der Waals surface area (Å²) in [5, 5.41) is 13.5. The molecule has 0 saturated carbocycles. The first-order valence-electron chi connectivity index (χ1n) is 12.1. The summed E-state index contributed by atoms with van der Waals surface area (Å²) in [4.78, 5) is 19.8. The molecule has 4 aromatic rings. The van der Waals surface area contributed by atoms with Crippen molar-refractivity contribution in [2.45, 2.75) is 19.5 Å². The summed E-state index contributed by atoms with van der Waals surface area (Å²) in [5.74, 6) is 0.0475. The molecule has 200 valence electrons. The zero-order chi connectivity index (χ0) is 26.6. The van der Waals surface area contributed by atoms with Crippen LogP contribution in [0.15, 0.2) is 60.8 Å². The molecule has 1 aliphatic heterocycles. The number of hydrogen-bond donors (Lipinski definition) is 1. The summed E-state index contributed by atoms with van der Waals surface area (Å²) in [6.45, 7) is 2.40. The molecule has 0 radical (unpaired) electrons. The van der Waals surface area contributed by atoms with E-state index in [1.807, 2.05) is 30.4 Å². The Labute approximate surface area is 236 Å². The molecule has 0 atom stereocenters. The van der Waals surface area contributed by atoms with Crippen LogP contribution in [-0.4, -0.2) is 40.7 Å². The lowest BCUT2D eigenvalue weighted by Crippen LogP contribution is -2.34. The third-order valence-electron chi connectivity index (χ3n) is 6.63. The van der Waals surface area contributed by atoms with Crippen LogP contribution in [0.1, 0.15) is 27.9 Å². The summed E-state index contributed by atoms with van der Waals surface area (Å²) in [6.07, 6.45) is 6.26. The van der Waals surface area contributed by atoms with Crippen LogP contribution < -0.4 is 10.1 Å². The third kappa shape index (κ3) is 6.07. The maximum Gasteiger partial charge on any atom is 0.326 e. The first kappa shape index (κ1) is 28.1. The summed E-state index contributed by atoms with van der Waals surface area (Å²) < 4.78 is 20.3. The van der Waals surface area contributed by atoms with Gasteiger partial charge in [0.05, 0.1) is 29.3 Å². The molecule has 7 nitrogen and oxygen atoms in total. The van der Waals surface area contributed by atoms with Gasteiger partial charge in [-0.3, -0.25) is 9.47 Å². The number of halogens is 3. The lowest BCUT2D eigenvalue weighted by Gasteiger charge is -2.27. The van der Waals surface area contributed by atoms with Gasteiger partial charge in [-0.2, -0.15) is 5.26 Å². The smallest absolute Gasteiger partial charge is 0.326 e. The molecule has 2 aromatic heterocycles. The van der Waals surface area contributed by atoms with Gasteiger partial charge in [0.25, 0.3) is 0 Å². The molecule has 0 spiro atoms. The number of carbonyl (C=O) groups is 1. The van der Waals surface area contributed by atoms with Gasteiger partial charge in [-0.15, -0.1) is 12.4 Å². The maximum atomic E-state index is 13.4. The van der Waals surface area contributed by atoms with E-state index in [2.05, 4.69) is 21.3 Å². The lowest BCUT2D eigenvalue weighted by atomic mass is 10.0. The first-order chi connectivity index (χ1) is 18.5. The Bertz CT molecular complexity index is 1590. The minimum Gasteiger partial charge on any atom is -0.481 e. The second-order valence-electron chi connectivity index (χ2n) is 9.03. The molecule has 5 rings (SSSR count). The number of pyridine rings is 1. The van der Waals surface area contributed by atoms with Gasteiger partial charge in [0, 0.05) is 55.9 Å². The quantitative estimate of drug-likeness (QED) is 0.312. The zero-order valence-corrected chi connectivity index (χ0v) is 22.7. The standard InChI is InChI=1S/C29H25ClFN5O2.ClH/c1-38-28-15-21(8-10-33-28)17-34-29(37)36-26-7-5-20(16-32)13-22(26)23-18-35(12-9-27(23)36)11-2-3-19-4-6-25(31)24(30)14-19;/h2-8,10,13-15H,9,11-12,17-18H2,1H3,(H,34,37);1H/b3-2+;. The van der Waals surface area contributed by atoms with Gasteiger partial charge in [-0.05, 0) is 53.1 Å². The van der Waals surface area contributed by atoms with E-state index in [4.69, 9.17) is 16.3 Å². The summed E-state index contributed by atoms with van der Waals surface area (Å²) in [5.41, 5.74) is 5.02. The van der Waals surface area contributed by atoms with Crippen LogP contribution in [-0.2, 0) is 19.5 Å². The van der Waals surface area contributed by atoms with Crippen LogP contribution in [0.25, 0.3) is 17.0 Å². The third-order valence-corrected chi connectivity index (χ3v) is 6.92. The number of nitrogens with zero attached hydrogens (tertiary/aromatic N) is 4. The van der Waals surface area contributed by atoms with E-state index >= 15 is 0 Å². The number of benzene rings is 2. The van der Waals surface area contributed by atoms with Crippen molar-refractivity contribution >= 4 is 47.0 Å². The van der Waals surface area contributed by atoms with Crippen molar-refractivity contribution in [2.24, 2.45) is 0 Å². The van der Waals surface area contributed by atoms with E-state index < -0.39 is 5.82 Å². The van der Waals surface area contributed by atoms with E-state index in [0.717, 1.165) is 39.8 Å². The maximum absolute atomic E-state index is 13.4. The number of nitriles is 1. The van der Waals surface area contributed by atoms with Gasteiger partial charge in [0.2, 0.25) is 5.88 Å². The summed E-state index contributed by atoms with van der Waals surface area (Å²) in [6, 6.07) is 15.7. The van der Waals surface area contributed by atoms with Gasteiger partial charge in [-0.1, -0.05) is 29.8 Å². The Morgan fingerprint density at radius 1 is 1.26 bits per heavy atom. The number of aromatic nitrogens is 2. The average Bonchev–Trinajstić information content (AvgIpc) is 3.26. The fourth-order valence-electron chi connectivity index (χ4n) is 4.75. The predicted molar refractivity (Wildman–Crippen MR) is 152 cm³/mol. The molecule has 1 N–H and O–H groups in total. The topological polar surface area (TPSA) is 83.2 Å².